The van der Waals surface area contributed by atoms with Crippen LogP contribution in [0, 0.1) is 11.3 Å². The second-order valence-corrected chi connectivity index (χ2v) is 1.74. The molecule has 7 heavy (non-hydrogen) atoms. The number of hydrogen-bond acceptors (Lipinski definition) is 2. The quantitative estimate of drug-likeness (QED) is 0.438. The molecule has 0 amide bonds. The molecule has 0 aromatic heterocycles. The van der Waals surface area contributed by atoms with Crippen molar-refractivity contribution in [2.45, 2.75) is 6.42 Å². The van der Waals surface area contributed by atoms with Crippen LogP contribution in [0.1, 0.15) is 6.42 Å². The standard InChI is InChI=1S/C3H5ClNOP/c4-7-6-3-1-2-5/h7H,1,3H2. The van der Waals surface area contributed by atoms with Crippen LogP contribution in [0.15, 0.2) is 0 Å². The number of nitriles is 1. The summed E-state index contributed by atoms with van der Waals surface area (Å²) >= 11 is 5.13. The van der Waals surface area contributed by atoms with Gasteiger partial charge in [0.25, 0.3) is 0 Å². The SMILES string of the molecule is N#CCCOPCl. The highest BCUT2D eigenvalue weighted by atomic mass is 35.7. The Bertz CT molecular complexity index is 71.8. The first-order chi connectivity index (χ1) is 3.41. The van der Waals surface area contributed by atoms with Crippen molar-refractivity contribution in [2.75, 3.05) is 6.61 Å². The highest BCUT2D eigenvalue weighted by Crippen LogP contribution is 2.16. The van der Waals surface area contributed by atoms with Crippen molar-refractivity contribution >= 4 is 19.4 Å². The lowest BCUT2D eigenvalue weighted by Gasteiger charge is -1.87. The van der Waals surface area contributed by atoms with Crippen molar-refractivity contribution in [3.63, 3.8) is 0 Å². The molecule has 0 radical (unpaired) electrons. The molecule has 4 heteroatoms. The minimum atomic E-state index is -0.0113. The maximum Gasteiger partial charge on any atom is 0.110 e. The van der Waals surface area contributed by atoms with E-state index in [0.29, 0.717) is 13.0 Å². The van der Waals surface area contributed by atoms with Crippen molar-refractivity contribution in [3.05, 3.63) is 0 Å². The number of nitrogens with zero attached hydrogens (tertiary/aromatic N) is 1. The van der Waals surface area contributed by atoms with Gasteiger partial charge in [0.1, 0.15) is 8.16 Å². The summed E-state index contributed by atoms with van der Waals surface area (Å²) in [4.78, 5) is 0. The Hall–Kier alpha value is 0.170. The molecular weight excluding hydrogens is 132 g/mol. The van der Waals surface area contributed by atoms with E-state index < -0.39 is 0 Å². The second-order valence-electron chi connectivity index (χ2n) is 0.834. The monoisotopic (exact) mass is 137 g/mol. The van der Waals surface area contributed by atoms with Crippen molar-refractivity contribution in [2.24, 2.45) is 0 Å². The predicted molar refractivity (Wildman–Crippen MR) is 30.3 cm³/mol. The Balaban J connectivity index is 2.60. The van der Waals surface area contributed by atoms with Crippen LogP contribution in [0.25, 0.3) is 0 Å². The molecule has 0 aromatic rings. The van der Waals surface area contributed by atoms with Crippen LogP contribution in [0.5, 0.6) is 0 Å². The Labute approximate surface area is 49.1 Å². The second kappa shape index (κ2) is 6.17. The molecule has 2 nitrogen and oxygen atoms in total. The van der Waals surface area contributed by atoms with Gasteiger partial charge >= 0.3 is 0 Å². The molecule has 40 valence electrons. The Morgan fingerprint density at radius 3 is 3.00 bits per heavy atom. The highest BCUT2D eigenvalue weighted by molar-refractivity contribution is 7.64. The third-order valence-electron chi connectivity index (χ3n) is 0.370. The van der Waals surface area contributed by atoms with Crippen molar-refractivity contribution in [3.8, 4) is 6.07 Å². The Morgan fingerprint density at radius 1 is 1.86 bits per heavy atom. The molecule has 0 aliphatic heterocycles. The summed E-state index contributed by atoms with van der Waals surface area (Å²) < 4.78 is 4.64. The summed E-state index contributed by atoms with van der Waals surface area (Å²) in [6.07, 6.45) is 0.430. The van der Waals surface area contributed by atoms with Gasteiger partial charge in [-0.25, -0.2) is 0 Å². The molecule has 0 rings (SSSR count). The molecule has 0 aliphatic rings. The highest BCUT2D eigenvalue weighted by Gasteiger charge is 1.79. The minimum absolute atomic E-state index is 0.0113. The lowest BCUT2D eigenvalue weighted by atomic mass is 10.5. The van der Waals surface area contributed by atoms with Gasteiger partial charge in [0.2, 0.25) is 0 Å². The van der Waals surface area contributed by atoms with Crippen LogP contribution in [0.4, 0.5) is 0 Å². The van der Waals surface area contributed by atoms with Gasteiger partial charge in [-0.15, -0.1) is 0 Å². The van der Waals surface area contributed by atoms with Gasteiger partial charge in [0.05, 0.1) is 19.1 Å². The van der Waals surface area contributed by atoms with Crippen LogP contribution in [-0.2, 0) is 4.52 Å². The van der Waals surface area contributed by atoms with E-state index in [1.54, 1.807) is 0 Å². The van der Waals surface area contributed by atoms with E-state index in [1.807, 2.05) is 6.07 Å². The van der Waals surface area contributed by atoms with Crippen LogP contribution >= 0.6 is 19.4 Å². The number of rotatable bonds is 3. The van der Waals surface area contributed by atoms with Crippen LogP contribution in [0.2, 0.25) is 0 Å². The van der Waals surface area contributed by atoms with E-state index in [1.165, 1.54) is 0 Å². The normalized spacial score (nSPS) is 9.71. The molecular formula is C3H5ClNOP. The molecule has 0 saturated heterocycles. The summed E-state index contributed by atoms with van der Waals surface area (Å²) in [7, 11) is -0.0113. The molecule has 0 aliphatic carbocycles. The lowest BCUT2D eigenvalue weighted by Crippen LogP contribution is -1.77. The van der Waals surface area contributed by atoms with Gasteiger partial charge in [-0.05, 0) is 0 Å². The van der Waals surface area contributed by atoms with E-state index in [4.69, 9.17) is 16.5 Å². The van der Waals surface area contributed by atoms with Gasteiger partial charge in [-0.3, -0.25) is 0 Å². The van der Waals surface area contributed by atoms with Crippen LogP contribution < -0.4 is 0 Å². The fourth-order valence-corrected chi connectivity index (χ4v) is 0.546. The Kier molecular flexibility index (Phi) is 6.32. The number of halogens is 1. The van der Waals surface area contributed by atoms with Gasteiger partial charge in [0.15, 0.2) is 0 Å². The first-order valence-electron chi connectivity index (χ1n) is 1.76. The summed E-state index contributed by atoms with van der Waals surface area (Å²) in [6.45, 7) is 0.457. The molecule has 0 fully saturated rings. The van der Waals surface area contributed by atoms with E-state index in [0.717, 1.165) is 0 Å². The summed E-state index contributed by atoms with van der Waals surface area (Å²) in [5, 5.41) is 7.92. The van der Waals surface area contributed by atoms with E-state index >= 15 is 0 Å². The third kappa shape index (κ3) is 6.17. The first-order valence-corrected chi connectivity index (χ1v) is 3.68. The van der Waals surface area contributed by atoms with Crippen LogP contribution in [0.3, 0.4) is 0 Å². The summed E-state index contributed by atoms with van der Waals surface area (Å²) in [6, 6.07) is 1.92. The van der Waals surface area contributed by atoms with E-state index in [9.17, 15) is 0 Å². The third-order valence-corrected chi connectivity index (χ3v) is 1.01. The summed E-state index contributed by atoms with van der Waals surface area (Å²) in [5.41, 5.74) is 0. The topological polar surface area (TPSA) is 33.0 Å². The van der Waals surface area contributed by atoms with Gasteiger partial charge in [0, 0.05) is 0 Å². The maximum absolute atomic E-state index is 7.92. The van der Waals surface area contributed by atoms with Gasteiger partial charge in [-0.1, -0.05) is 11.2 Å². The smallest absolute Gasteiger partial charge is 0.110 e. The summed E-state index contributed by atoms with van der Waals surface area (Å²) in [5.74, 6) is 0. The zero-order chi connectivity index (χ0) is 5.54. The number of hydrogen-bond donors (Lipinski definition) is 0. The average molecular weight is 138 g/mol. The van der Waals surface area contributed by atoms with Gasteiger partial charge < -0.3 is 4.52 Å². The zero-order valence-electron chi connectivity index (χ0n) is 3.65. The van der Waals surface area contributed by atoms with E-state index in [-0.39, 0.29) is 8.16 Å². The fourth-order valence-electron chi connectivity index (χ4n) is 0.135. The lowest BCUT2D eigenvalue weighted by molar-refractivity contribution is 0.380. The Morgan fingerprint density at radius 2 is 2.57 bits per heavy atom. The molecule has 0 spiro atoms. The predicted octanol–water partition coefficient (Wildman–Crippen LogP) is 1.66. The molecule has 0 saturated carbocycles. The van der Waals surface area contributed by atoms with E-state index in [2.05, 4.69) is 4.52 Å². The molecule has 0 aromatic carbocycles. The molecule has 0 heterocycles. The zero-order valence-corrected chi connectivity index (χ0v) is 5.40. The maximum atomic E-state index is 7.92. The molecule has 0 bridgehead atoms. The fraction of sp³-hybridized carbons (Fsp3) is 0.667. The minimum Gasteiger partial charge on any atom is -0.345 e. The van der Waals surface area contributed by atoms with Crippen molar-refractivity contribution in [1.82, 2.24) is 0 Å². The van der Waals surface area contributed by atoms with Crippen molar-refractivity contribution < 1.29 is 4.52 Å². The molecule has 1 atom stereocenters. The first kappa shape index (κ1) is 7.17. The van der Waals surface area contributed by atoms with Crippen molar-refractivity contribution in [1.29, 1.82) is 5.26 Å². The largest absolute Gasteiger partial charge is 0.345 e. The van der Waals surface area contributed by atoms with Gasteiger partial charge in [-0.2, -0.15) is 5.26 Å². The average Bonchev–Trinajstić information content (AvgIpc) is 1.69. The van der Waals surface area contributed by atoms with Crippen LogP contribution in [-0.4, -0.2) is 6.61 Å². The molecule has 0 N–H and O–H groups in total. The molecule has 1 unspecified atom stereocenters.